The second-order valence-corrected chi connectivity index (χ2v) is 7.31. The molecule has 1 aromatic rings. The van der Waals surface area contributed by atoms with Crippen LogP contribution in [0, 0.1) is 0 Å². The van der Waals surface area contributed by atoms with Crippen molar-refractivity contribution in [2.24, 2.45) is 0 Å². The molecule has 0 atom stereocenters. The van der Waals surface area contributed by atoms with Crippen LogP contribution in [0.5, 0.6) is 0 Å². The Balaban J connectivity index is 2.17. The summed E-state index contributed by atoms with van der Waals surface area (Å²) in [6, 6.07) is 3.25. The predicted octanol–water partition coefficient (Wildman–Crippen LogP) is 1.56. The van der Waals surface area contributed by atoms with Crippen molar-refractivity contribution in [3.05, 3.63) is 22.8 Å². The van der Waals surface area contributed by atoms with Gasteiger partial charge in [-0.2, -0.15) is 4.31 Å². The molecule has 0 radical (unpaired) electrons. The van der Waals surface area contributed by atoms with Gasteiger partial charge in [-0.05, 0) is 47.6 Å². The Bertz CT molecular complexity index is 518. The molecule has 0 saturated carbocycles. The molecule has 0 bridgehead atoms. The number of aromatic nitrogens is 1. The number of rotatable bonds is 3. The zero-order valence-corrected chi connectivity index (χ0v) is 13.3. The third-order valence-corrected chi connectivity index (χ3v) is 5.58. The maximum Gasteiger partial charge on any atom is 0.260 e. The van der Waals surface area contributed by atoms with Crippen molar-refractivity contribution in [1.29, 1.82) is 0 Å². The number of halogens is 1. The van der Waals surface area contributed by atoms with E-state index in [0.717, 1.165) is 30.5 Å². The molecular formula is C12H18BrN3O2S. The molecule has 1 aliphatic rings. The summed E-state index contributed by atoms with van der Waals surface area (Å²) < 4.78 is 27.3. The van der Waals surface area contributed by atoms with E-state index in [-0.39, 0.29) is 5.03 Å². The fraction of sp³-hybridized carbons (Fsp3) is 0.583. The van der Waals surface area contributed by atoms with Crippen LogP contribution in [0.15, 0.2) is 27.8 Å². The molecule has 0 spiro atoms. The summed E-state index contributed by atoms with van der Waals surface area (Å²) >= 11 is 3.26. The summed E-state index contributed by atoms with van der Waals surface area (Å²) in [5, 5.41) is 0.126. The Morgan fingerprint density at radius 1 is 1.26 bits per heavy atom. The van der Waals surface area contributed by atoms with Gasteiger partial charge in [-0.25, -0.2) is 13.4 Å². The molecule has 5 nitrogen and oxygen atoms in total. The number of pyridine rings is 1. The highest BCUT2D eigenvalue weighted by atomic mass is 79.9. The zero-order chi connectivity index (χ0) is 13.9. The Kier molecular flexibility index (Phi) is 4.94. The smallest absolute Gasteiger partial charge is 0.260 e. The van der Waals surface area contributed by atoms with E-state index in [2.05, 4.69) is 32.7 Å². The lowest BCUT2D eigenvalue weighted by Crippen LogP contribution is -2.35. The van der Waals surface area contributed by atoms with E-state index in [1.165, 1.54) is 6.20 Å². The van der Waals surface area contributed by atoms with E-state index < -0.39 is 10.0 Å². The molecule has 1 fully saturated rings. The second-order valence-electron chi connectivity index (χ2n) is 4.51. The first-order chi connectivity index (χ1) is 9.04. The summed E-state index contributed by atoms with van der Waals surface area (Å²) in [4.78, 5) is 6.27. The van der Waals surface area contributed by atoms with Crippen LogP contribution in [0.25, 0.3) is 0 Å². The number of hydrogen-bond donors (Lipinski definition) is 0. The van der Waals surface area contributed by atoms with E-state index in [0.29, 0.717) is 13.1 Å². The zero-order valence-electron chi connectivity index (χ0n) is 10.9. The molecule has 0 aromatic carbocycles. The number of likely N-dealkylation sites (N-methyl/N-ethyl adjacent to an activating group) is 1. The van der Waals surface area contributed by atoms with Crippen molar-refractivity contribution in [2.45, 2.75) is 18.4 Å². The van der Waals surface area contributed by atoms with Crippen molar-refractivity contribution in [3.8, 4) is 0 Å². The first kappa shape index (κ1) is 14.9. The van der Waals surface area contributed by atoms with Gasteiger partial charge in [0.1, 0.15) is 0 Å². The fourth-order valence-electron chi connectivity index (χ4n) is 2.15. The average molecular weight is 348 g/mol. The maximum absolute atomic E-state index is 12.5. The standard InChI is InChI=1S/C12H18BrN3O2S/c1-2-15-6-3-7-16(9-8-15)19(17,18)12-5-4-11(13)10-14-12/h4-5,10H,2-3,6-9H2,1H3. The molecule has 0 aliphatic carbocycles. The minimum absolute atomic E-state index is 0.126. The van der Waals surface area contributed by atoms with Crippen LogP contribution in [0.2, 0.25) is 0 Å². The monoisotopic (exact) mass is 347 g/mol. The molecule has 106 valence electrons. The number of nitrogens with zero attached hydrogens (tertiary/aromatic N) is 3. The van der Waals surface area contributed by atoms with Crippen LogP contribution in [0.4, 0.5) is 0 Å². The normalized spacial score (nSPS) is 19.3. The first-order valence-electron chi connectivity index (χ1n) is 6.38. The molecule has 1 saturated heterocycles. The van der Waals surface area contributed by atoms with Crippen LogP contribution in [0.3, 0.4) is 0 Å². The van der Waals surface area contributed by atoms with Gasteiger partial charge in [0.25, 0.3) is 10.0 Å². The molecule has 0 amide bonds. The van der Waals surface area contributed by atoms with Crippen molar-refractivity contribution in [1.82, 2.24) is 14.2 Å². The first-order valence-corrected chi connectivity index (χ1v) is 8.61. The van der Waals surface area contributed by atoms with E-state index in [9.17, 15) is 8.42 Å². The molecule has 2 heterocycles. The minimum atomic E-state index is -3.46. The molecule has 1 aliphatic heterocycles. The van der Waals surface area contributed by atoms with E-state index in [4.69, 9.17) is 0 Å². The largest absolute Gasteiger partial charge is 0.302 e. The third kappa shape index (κ3) is 3.53. The van der Waals surface area contributed by atoms with Crippen LogP contribution in [-0.4, -0.2) is 55.3 Å². The summed E-state index contributed by atoms with van der Waals surface area (Å²) in [6.45, 7) is 5.90. The van der Waals surface area contributed by atoms with Gasteiger partial charge in [-0.1, -0.05) is 6.92 Å². The van der Waals surface area contributed by atoms with E-state index in [1.807, 2.05) is 0 Å². The highest BCUT2D eigenvalue weighted by Gasteiger charge is 2.27. The van der Waals surface area contributed by atoms with Crippen LogP contribution < -0.4 is 0 Å². The van der Waals surface area contributed by atoms with Crippen molar-refractivity contribution >= 4 is 26.0 Å². The summed E-state index contributed by atoms with van der Waals surface area (Å²) in [7, 11) is -3.46. The minimum Gasteiger partial charge on any atom is -0.302 e. The summed E-state index contributed by atoms with van der Waals surface area (Å²) in [6.07, 6.45) is 2.38. The van der Waals surface area contributed by atoms with Gasteiger partial charge in [0.05, 0.1) is 0 Å². The van der Waals surface area contributed by atoms with Gasteiger partial charge >= 0.3 is 0 Å². The topological polar surface area (TPSA) is 53.5 Å². The maximum atomic E-state index is 12.5. The lowest BCUT2D eigenvalue weighted by Gasteiger charge is -2.20. The van der Waals surface area contributed by atoms with E-state index in [1.54, 1.807) is 16.4 Å². The molecular weight excluding hydrogens is 330 g/mol. The average Bonchev–Trinajstić information content (AvgIpc) is 2.65. The Hall–Kier alpha value is -0.500. The van der Waals surface area contributed by atoms with Crippen molar-refractivity contribution < 1.29 is 8.42 Å². The molecule has 0 N–H and O–H groups in total. The number of hydrogen-bond acceptors (Lipinski definition) is 4. The quantitative estimate of drug-likeness (QED) is 0.832. The van der Waals surface area contributed by atoms with Crippen LogP contribution >= 0.6 is 15.9 Å². The number of sulfonamides is 1. The lowest BCUT2D eigenvalue weighted by molar-refractivity contribution is 0.301. The fourth-order valence-corrected chi connectivity index (χ4v) is 3.77. The van der Waals surface area contributed by atoms with Gasteiger partial charge in [-0.3, -0.25) is 0 Å². The molecule has 0 unspecified atom stereocenters. The SMILES string of the molecule is CCN1CCCN(S(=O)(=O)c2ccc(Br)cn2)CC1. The lowest BCUT2D eigenvalue weighted by atomic mass is 10.4. The Morgan fingerprint density at radius 2 is 2.05 bits per heavy atom. The van der Waals surface area contributed by atoms with Crippen molar-refractivity contribution in [3.63, 3.8) is 0 Å². The summed E-state index contributed by atoms with van der Waals surface area (Å²) in [5.41, 5.74) is 0. The third-order valence-electron chi connectivity index (χ3n) is 3.30. The van der Waals surface area contributed by atoms with Gasteiger partial charge in [0.15, 0.2) is 5.03 Å². The highest BCUT2D eigenvalue weighted by Crippen LogP contribution is 2.17. The van der Waals surface area contributed by atoms with Gasteiger partial charge in [0.2, 0.25) is 0 Å². The van der Waals surface area contributed by atoms with Gasteiger partial charge in [0, 0.05) is 30.3 Å². The Labute approximate surface area is 122 Å². The van der Waals surface area contributed by atoms with E-state index >= 15 is 0 Å². The van der Waals surface area contributed by atoms with Gasteiger partial charge < -0.3 is 4.90 Å². The molecule has 19 heavy (non-hydrogen) atoms. The second kappa shape index (κ2) is 6.30. The highest BCUT2D eigenvalue weighted by molar-refractivity contribution is 9.10. The van der Waals surface area contributed by atoms with Crippen molar-refractivity contribution in [2.75, 3.05) is 32.7 Å². The Morgan fingerprint density at radius 3 is 2.68 bits per heavy atom. The predicted molar refractivity (Wildman–Crippen MR) is 77.4 cm³/mol. The molecule has 1 aromatic heterocycles. The van der Waals surface area contributed by atoms with Crippen LogP contribution in [0.1, 0.15) is 13.3 Å². The van der Waals surface area contributed by atoms with Gasteiger partial charge in [-0.15, -0.1) is 0 Å². The molecule has 7 heteroatoms. The van der Waals surface area contributed by atoms with Crippen LogP contribution in [-0.2, 0) is 10.0 Å². The molecule has 2 rings (SSSR count). The summed E-state index contributed by atoms with van der Waals surface area (Å²) in [5.74, 6) is 0.